The summed E-state index contributed by atoms with van der Waals surface area (Å²) in [6.45, 7) is -2.21. The molecule has 0 saturated carbocycles. The SMILES string of the molecule is O=C(CO)[C@@H](O)[C@@H](O)[C@H](O)CO.OCC1OC(O)C(O)C(O)C1O. The van der Waals surface area contributed by atoms with Crippen molar-refractivity contribution in [2.24, 2.45) is 0 Å². The molecule has 1 aliphatic heterocycles. The number of ether oxygens (including phenoxy) is 1. The van der Waals surface area contributed by atoms with E-state index in [9.17, 15) is 4.79 Å². The van der Waals surface area contributed by atoms with Crippen LogP contribution in [0.25, 0.3) is 0 Å². The third kappa shape index (κ3) is 6.27. The molecule has 144 valence electrons. The van der Waals surface area contributed by atoms with Gasteiger partial charge in [-0.2, -0.15) is 0 Å². The number of rotatable bonds is 6. The van der Waals surface area contributed by atoms with Crippen LogP contribution in [0.1, 0.15) is 0 Å². The number of aliphatic hydroxyl groups is 10. The Morgan fingerprint density at radius 1 is 0.917 bits per heavy atom. The predicted molar refractivity (Wildman–Crippen MR) is 73.2 cm³/mol. The Kier molecular flexibility index (Phi) is 10.6. The van der Waals surface area contributed by atoms with Crippen LogP contribution in [0.3, 0.4) is 0 Å². The van der Waals surface area contributed by atoms with Gasteiger partial charge < -0.3 is 55.8 Å². The molecule has 0 radical (unpaired) electrons. The Bertz CT molecular complexity index is 361. The highest BCUT2D eigenvalue weighted by atomic mass is 16.6. The summed E-state index contributed by atoms with van der Waals surface area (Å²) in [7, 11) is 0. The fourth-order valence-electron chi connectivity index (χ4n) is 1.68. The van der Waals surface area contributed by atoms with Crippen molar-refractivity contribution >= 4 is 5.78 Å². The van der Waals surface area contributed by atoms with E-state index in [4.69, 9.17) is 51.1 Å². The van der Waals surface area contributed by atoms with Crippen LogP contribution >= 0.6 is 0 Å². The van der Waals surface area contributed by atoms with E-state index in [-0.39, 0.29) is 0 Å². The van der Waals surface area contributed by atoms with Gasteiger partial charge >= 0.3 is 0 Å². The Balaban J connectivity index is 0.000000441. The van der Waals surface area contributed by atoms with Crippen LogP contribution in [-0.2, 0) is 9.53 Å². The minimum absolute atomic E-state index is 0.526. The summed E-state index contributed by atoms with van der Waals surface area (Å²) in [5.74, 6) is -1.00. The van der Waals surface area contributed by atoms with Gasteiger partial charge in [-0.05, 0) is 0 Å². The largest absolute Gasteiger partial charge is 0.394 e. The van der Waals surface area contributed by atoms with Crippen LogP contribution in [0.5, 0.6) is 0 Å². The van der Waals surface area contributed by atoms with Crippen LogP contribution in [0, 0.1) is 0 Å². The molecule has 1 rings (SSSR count). The minimum atomic E-state index is -1.86. The van der Waals surface area contributed by atoms with Crippen molar-refractivity contribution in [1.82, 2.24) is 0 Å². The van der Waals surface area contributed by atoms with Gasteiger partial charge in [0.15, 0.2) is 12.1 Å². The van der Waals surface area contributed by atoms with Crippen LogP contribution in [-0.4, -0.2) is 126 Å². The van der Waals surface area contributed by atoms with E-state index in [0.717, 1.165) is 0 Å². The molecule has 12 heteroatoms. The van der Waals surface area contributed by atoms with Gasteiger partial charge in [-0.3, -0.25) is 4.79 Å². The second kappa shape index (κ2) is 11.0. The van der Waals surface area contributed by atoms with E-state index in [1.165, 1.54) is 0 Å². The maximum atomic E-state index is 10.5. The number of carbonyl (C=O) groups is 1. The van der Waals surface area contributed by atoms with Crippen molar-refractivity contribution < 1.29 is 60.6 Å². The lowest BCUT2D eigenvalue weighted by Crippen LogP contribution is -2.58. The zero-order chi connectivity index (χ0) is 19.0. The topological polar surface area (TPSA) is 229 Å². The molecule has 10 N–H and O–H groups in total. The first-order valence-corrected chi connectivity index (χ1v) is 6.89. The van der Waals surface area contributed by atoms with Crippen molar-refractivity contribution in [2.75, 3.05) is 19.8 Å². The van der Waals surface area contributed by atoms with Crippen LogP contribution in [0.15, 0.2) is 0 Å². The van der Waals surface area contributed by atoms with E-state index >= 15 is 0 Å². The zero-order valence-electron chi connectivity index (χ0n) is 12.5. The third-order valence-electron chi connectivity index (χ3n) is 3.26. The minimum Gasteiger partial charge on any atom is -0.394 e. The molecule has 0 aromatic rings. The van der Waals surface area contributed by atoms with Crippen molar-refractivity contribution in [2.45, 2.75) is 49.0 Å². The first-order chi connectivity index (χ1) is 11.1. The normalized spacial score (nSPS) is 33.8. The highest BCUT2D eigenvalue weighted by Crippen LogP contribution is 2.18. The third-order valence-corrected chi connectivity index (χ3v) is 3.26. The molecule has 1 heterocycles. The molecule has 0 bridgehead atoms. The van der Waals surface area contributed by atoms with Gasteiger partial charge in [0.05, 0.1) is 13.2 Å². The highest BCUT2D eigenvalue weighted by molar-refractivity contribution is 5.84. The summed E-state index contributed by atoms with van der Waals surface area (Å²) in [5, 5.41) is 87.7. The molecule has 1 aliphatic rings. The van der Waals surface area contributed by atoms with Gasteiger partial charge in [-0.1, -0.05) is 0 Å². The Hall–Kier alpha value is -0.770. The van der Waals surface area contributed by atoms with Crippen LogP contribution in [0.2, 0.25) is 0 Å². The van der Waals surface area contributed by atoms with Gasteiger partial charge in [0.1, 0.15) is 49.3 Å². The van der Waals surface area contributed by atoms with Crippen molar-refractivity contribution in [3.05, 3.63) is 0 Å². The number of carbonyl (C=O) groups excluding carboxylic acids is 1. The van der Waals surface area contributed by atoms with Crippen LogP contribution < -0.4 is 0 Å². The lowest BCUT2D eigenvalue weighted by molar-refractivity contribution is -0.286. The van der Waals surface area contributed by atoms with Gasteiger partial charge in [0, 0.05) is 0 Å². The van der Waals surface area contributed by atoms with Gasteiger partial charge in [0.2, 0.25) is 0 Å². The zero-order valence-corrected chi connectivity index (χ0v) is 12.5. The first-order valence-electron chi connectivity index (χ1n) is 6.89. The summed E-state index contributed by atoms with van der Waals surface area (Å²) in [4.78, 5) is 10.5. The fourth-order valence-corrected chi connectivity index (χ4v) is 1.68. The standard InChI is InChI=1S/2C6H12O6/c7-1-2-3(8)4(9)5(10)6(11)12-2;7-1-3(9)5(11)6(12)4(10)2-8/h2-11H,1H2;3,5-9,11-12H,1-2H2/t;3-,5+,6-/m.1/s1. The van der Waals surface area contributed by atoms with E-state index in [1.54, 1.807) is 0 Å². The number of hydrogen-bond donors (Lipinski definition) is 10. The van der Waals surface area contributed by atoms with E-state index in [2.05, 4.69) is 4.74 Å². The number of hydrogen-bond acceptors (Lipinski definition) is 12. The highest BCUT2D eigenvalue weighted by Gasteiger charge is 2.42. The summed E-state index contributed by atoms with van der Waals surface area (Å²) in [6.07, 6.45) is -12.3. The van der Waals surface area contributed by atoms with Crippen LogP contribution in [0.4, 0.5) is 0 Å². The molecule has 24 heavy (non-hydrogen) atoms. The molecular weight excluding hydrogens is 336 g/mol. The molecule has 1 saturated heterocycles. The molecule has 8 atom stereocenters. The fraction of sp³-hybridized carbons (Fsp3) is 0.917. The van der Waals surface area contributed by atoms with Gasteiger partial charge in [-0.15, -0.1) is 0 Å². The lowest BCUT2D eigenvalue weighted by atomic mass is 10.00. The van der Waals surface area contributed by atoms with E-state index in [0.29, 0.717) is 0 Å². The van der Waals surface area contributed by atoms with Crippen molar-refractivity contribution in [3.63, 3.8) is 0 Å². The molecule has 0 aliphatic carbocycles. The average molecular weight is 360 g/mol. The smallest absolute Gasteiger partial charge is 0.189 e. The molecule has 0 spiro atoms. The molecule has 0 aromatic heterocycles. The van der Waals surface area contributed by atoms with Gasteiger partial charge in [0.25, 0.3) is 0 Å². The van der Waals surface area contributed by atoms with E-state index in [1.807, 2.05) is 0 Å². The second-order valence-electron chi connectivity index (χ2n) is 5.03. The summed E-state index contributed by atoms with van der Waals surface area (Å²) < 4.78 is 4.58. The summed E-state index contributed by atoms with van der Waals surface area (Å²) >= 11 is 0. The average Bonchev–Trinajstić information content (AvgIpc) is 2.60. The predicted octanol–water partition coefficient (Wildman–Crippen LogP) is -6.60. The quantitative estimate of drug-likeness (QED) is 0.213. The summed E-state index contributed by atoms with van der Waals surface area (Å²) in [5.41, 5.74) is 0. The number of ketones is 1. The molecular formula is C12H24O12. The van der Waals surface area contributed by atoms with Gasteiger partial charge in [-0.25, -0.2) is 0 Å². The molecule has 1 fully saturated rings. The summed E-state index contributed by atoms with van der Waals surface area (Å²) in [6, 6.07) is 0. The Morgan fingerprint density at radius 2 is 1.46 bits per heavy atom. The molecule has 12 nitrogen and oxygen atoms in total. The van der Waals surface area contributed by atoms with Crippen molar-refractivity contribution in [3.8, 4) is 0 Å². The number of aliphatic hydroxyl groups excluding tert-OH is 10. The Labute approximate surface area is 136 Å². The number of Topliss-reactive ketones (excluding diaryl/α,β-unsaturated/α-hetero) is 1. The van der Waals surface area contributed by atoms with E-state index < -0.39 is 74.6 Å². The maximum absolute atomic E-state index is 10.5. The first kappa shape index (κ1) is 23.2. The second-order valence-corrected chi connectivity index (χ2v) is 5.03. The lowest BCUT2D eigenvalue weighted by Gasteiger charge is -2.37. The Morgan fingerprint density at radius 3 is 1.88 bits per heavy atom. The monoisotopic (exact) mass is 360 g/mol. The molecule has 5 unspecified atom stereocenters. The molecule has 0 amide bonds. The maximum Gasteiger partial charge on any atom is 0.189 e. The molecule has 0 aromatic carbocycles. The van der Waals surface area contributed by atoms with Crippen molar-refractivity contribution in [1.29, 1.82) is 0 Å².